The molecule has 0 saturated heterocycles. The molecular weight excluding hydrogens is 176 g/mol. The van der Waals surface area contributed by atoms with Gasteiger partial charge in [0, 0.05) is 24.8 Å². The standard InChI is InChI=1S/C11H18N2O/c1-4-7-12-8-10-6-5-9(2)13(3)11(10)14/h5-6,12H,4,7-8H2,1-3H3. The van der Waals surface area contributed by atoms with Crippen LogP contribution in [0.2, 0.25) is 0 Å². The second-order valence-electron chi connectivity index (χ2n) is 3.54. The summed E-state index contributed by atoms with van der Waals surface area (Å²) in [6.07, 6.45) is 1.09. The topological polar surface area (TPSA) is 34.0 Å². The van der Waals surface area contributed by atoms with E-state index in [1.54, 1.807) is 11.6 Å². The molecule has 14 heavy (non-hydrogen) atoms. The van der Waals surface area contributed by atoms with E-state index in [4.69, 9.17) is 0 Å². The van der Waals surface area contributed by atoms with Gasteiger partial charge in [-0.25, -0.2) is 0 Å². The lowest BCUT2D eigenvalue weighted by Gasteiger charge is -2.07. The third kappa shape index (κ3) is 2.45. The van der Waals surface area contributed by atoms with E-state index in [0.29, 0.717) is 6.54 Å². The van der Waals surface area contributed by atoms with Crippen molar-refractivity contribution in [1.29, 1.82) is 0 Å². The first kappa shape index (κ1) is 11.0. The predicted molar refractivity (Wildman–Crippen MR) is 58.4 cm³/mol. The molecule has 1 N–H and O–H groups in total. The largest absolute Gasteiger partial charge is 0.316 e. The number of nitrogens with zero attached hydrogens (tertiary/aromatic N) is 1. The number of aromatic nitrogens is 1. The molecule has 3 heteroatoms. The lowest BCUT2D eigenvalue weighted by Crippen LogP contribution is -2.26. The molecular formula is C11H18N2O. The summed E-state index contributed by atoms with van der Waals surface area (Å²) in [5, 5.41) is 3.23. The first-order valence-corrected chi connectivity index (χ1v) is 5.03. The second kappa shape index (κ2) is 4.96. The van der Waals surface area contributed by atoms with Crippen molar-refractivity contribution in [3.05, 3.63) is 33.7 Å². The third-order valence-electron chi connectivity index (χ3n) is 2.38. The molecule has 0 aromatic carbocycles. The van der Waals surface area contributed by atoms with Crippen LogP contribution in [0, 0.1) is 6.92 Å². The summed E-state index contributed by atoms with van der Waals surface area (Å²) in [6, 6.07) is 3.88. The SMILES string of the molecule is CCCNCc1ccc(C)n(C)c1=O. The van der Waals surface area contributed by atoms with Crippen LogP contribution in [0.3, 0.4) is 0 Å². The Balaban J connectivity index is 2.79. The molecule has 78 valence electrons. The van der Waals surface area contributed by atoms with Gasteiger partial charge in [0.25, 0.3) is 5.56 Å². The molecule has 1 rings (SSSR count). The molecule has 0 aliphatic carbocycles. The smallest absolute Gasteiger partial charge is 0.254 e. The Kier molecular flexibility index (Phi) is 3.89. The van der Waals surface area contributed by atoms with Crippen molar-refractivity contribution in [2.24, 2.45) is 7.05 Å². The minimum Gasteiger partial charge on any atom is -0.316 e. The van der Waals surface area contributed by atoms with E-state index in [1.807, 2.05) is 19.1 Å². The predicted octanol–water partition coefficient (Wildman–Crippen LogP) is 1.19. The van der Waals surface area contributed by atoms with Gasteiger partial charge in [-0.15, -0.1) is 0 Å². The van der Waals surface area contributed by atoms with Crippen molar-refractivity contribution < 1.29 is 0 Å². The summed E-state index contributed by atoms with van der Waals surface area (Å²) in [7, 11) is 1.81. The van der Waals surface area contributed by atoms with Crippen LogP contribution in [-0.4, -0.2) is 11.1 Å². The maximum Gasteiger partial charge on any atom is 0.254 e. The quantitative estimate of drug-likeness (QED) is 0.731. The molecule has 0 saturated carbocycles. The van der Waals surface area contributed by atoms with Crippen LogP contribution in [-0.2, 0) is 13.6 Å². The number of nitrogens with one attached hydrogen (secondary N) is 1. The van der Waals surface area contributed by atoms with Gasteiger partial charge < -0.3 is 9.88 Å². The van der Waals surface area contributed by atoms with Gasteiger partial charge in [-0.1, -0.05) is 13.0 Å². The van der Waals surface area contributed by atoms with Gasteiger partial charge in [0.05, 0.1) is 0 Å². The molecule has 0 bridgehead atoms. The Labute approximate surface area is 84.8 Å². The number of rotatable bonds is 4. The maximum absolute atomic E-state index is 11.7. The Morgan fingerprint density at radius 3 is 2.79 bits per heavy atom. The average molecular weight is 194 g/mol. The lowest BCUT2D eigenvalue weighted by atomic mass is 10.2. The van der Waals surface area contributed by atoms with E-state index < -0.39 is 0 Å². The van der Waals surface area contributed by atoms with Crippen molar-refractivity contribution in [3.8, 4) is 0 Å². The molecule has 0 aliphatic heterocycles. The molecule has 1 heterocycles. The van der Waals surface area contributed by atoms with E-state index in [9.17, 15) is 4.79 Å². The van der Waals surface area contributed by atoms with E-state index in [1.165, 1.54) is 0 Å². The van der Waals surface area contributed by atoms with Gasteiger partial charge in [0.15, 0.2) is 0 Å². The highest BCUT2D eigenvalue weighted by Crippen LogP contribution is 1.96. The molecule has 0 spiro atoms. The number of pyridine rings is 1. The third-order valence-corrected chi connectivity index (χ3v) is 2.38. The molecule has 0 radical (unpaired) electrons. The van der Waals surface area contributed by atoms with Crippen LogP contribution in [0.5, 0.6) is 0 Å². The van der Waals surface area contributed by atoms with Crippen LogP contribution in [0.4, 0.5) is 0 Å². The van der Waals surface area contributed by atoms with Crippen molar-refractivity contribution in [3.63, 3.8) is 0 Å². The van der Waals surface area contributed by atoms with E-state index in [0.717, 1.165) is 24.2 Å². The summed E-state index contributed by atoms with van der Waals surface area (Å²) in [6.45, 7) is 5.67. The fourth-order valence-corrected chi connectivity index (χ4v) is 1.31. The second-order valence-corrected chi connectivity index (χ2v) is 3.54. The zero-order valence-corrected chi connectivity index (χ0v) is 9.13. The molecule has 3 nitrogen and oxygen atoms in total. The van der Waals surface area contributed by atoms with E-state index in [-0.39, 0.29) is 5.56 Å². The first-order chi connectivity index (χ1) is 6.66. The van der Waals surface area contributed by atoms with E-state index >= 15 is 0 Å². The zero-order chi connectivity index (χ0) is 10.6. The van der Waals surface area contributed by atoms with Gasteiger partial charge in [-0.2, -0.15) is 0 Å². The van der Waals surface area contributed by atoms with Gasteiger partial charge in [0.1, 0.15) is 0 Å². The Morgan fingerprint density at radius 2 is 2.14 bits per heavy atom. The van der Waals surface area contributed by atoms with Crippen molar-refractivity contribution in [1.82, 2.24) is 9.88 Å². The summed E-state index contributed by atoms with van der Waals surface area (Å²) >= 11 is 0. The Bertz CT molecular complexity index is 355. The zero-order valence-electron chi connectivity index (χ0n) is 9.13. The summed E-state index contributed by atoms with van der Waals surface area (Å²) in [4.78, 5) is 11.7. The summed E-state index contributed by atoms with van der Waals surface area (Å²) in [5.41, 5.74) is 1.94. The summed E-state index contributed by atoms with van der Waals surface area (Å²) < 4.78 is 1.68. The fourth-order valence-electron chi connectivity index (χ4n) is 1.31. The molecule has 0 unspecified atom stereocenters. The number of hydrogen-bond donors (Lipinski definition) is 1. The minimum atomic E-state index is 0.105. The van der Waals surface area contributed by atoms with Crippen LogP contribution in [0.1, 0.15) is 24.6 Å². The average Bonchev–Trinajstić information content (AvgIpc) is 2.18. The van der Waals surface area contributed by atoms with Crippen molar-refractivity contribution in [2.45, 2.75) is 26.8 Å². The van der Waals surface area contributed by atoms with Crippen molar-refractivity contribution in [2.75, 3.05) is 6.54 Å². The Morgan fingerprint density at radius 1 is 1.43 bits per heavy atom. The first-order valence-electron chi connectivity index (χ1n) is 5.03. The summed E-state index contributed by atoms with van der Waals surface area (Å²) in [5.74, 6) is 0. The highest BCUT2D eigenvalue weighted by Gasteiger charge is 2.01. The van der Waals surface area contributed by atoms with Crippen LogP contribution >= 0.6 is 0 Å². The lowest BCUT2D eigenvalue weighted by molar-refractivity contribution is 0.661. The maximum atomic E-state index is 11.7. The van der Waals surface area contributed by atoms with Gasteiger partial charge in [-0.3, -0.25) is 4.79 Å². The van der Waals surface area contributed by atoms with Gasteiger partial charge in [0.2, 0.25) is 0 Å². The highest BCUT2D eigenvalue weighted by atomic mass is 16.1. The molecule has 1 aromatic rings. The van der Waals surface area contributed by atoms with Gasteiger partial charge >= 0.3 is 0 Å². The van der Waals surface area contributed by atoms with Gasteiger partial charge in [-0.05, 0) is 26.0 Å². The van der Waals surface area contributed by atoms with Crippen LogP contribution in [0.15, 0.2) is 16.9 Å². The fraction of sp³-hybridized carbons (Fsp3) is 0.545. The highest BCUT2D eigenvalue weighted by molar-refractivity contribution is 5.14. The minimum absolute atomic E-state index is 0.105. The molecule has 1 aromatic heterocycles. The number of hydrogen-bond acceptors (Lipinski definition) is 2. The molecule has 0 amide bonds. The molecule has 0 atom stereocenters. The molecule has 0 aliphatic rings. The number of aryl methyl sites for hydroxylation is 1. The Hall–Kier alpha value is -1.09. The molecule has 0 fully saturated rings. The van der Waals surface area contributed by atoms with Crippen molar-refractivity contribution >= 4 is 0 Å². The monoisotopic (exact) mass is 194 g/mol. The van der Waals surface area contributed by atoms with E-state index in [2.05, 4.69) is 12.2 Å². The normalized spacial score (nSPS) is 10.5. The van der Waals surface area contributed by atoms with Crippen LogP contribution < -0.4 is 10.9 Å². The van der Waals surface area contributed by atoms with Crippen LogP contribution in [0.25, 0.3) is 0 Å².